The van der Waals surface area contributed by atoms with Gasteiger partial charge in [0.2, 0.25) is 0 Å². The summed E-state index contributed by atoms with van der Waals surface area (Å²) in [6, 6.07) is 0. The van der Waals surface area contributed by atoms with E-state index in [9.17, 15) is 0 Å². The smallest absolute Gasteiger partial charge is 0.117 e. The molecule has 0 aliphatic carbocycles. The summed E-state index contributed by atoms with van der Waals surface area (Å²) < 4.78 is 0.780. The zero-order valence-electron chi connectivity index (χ0n) is 3.90. The third-order valence-corrected chi connectivity index (χ3v) is 2.39. The molecule has 0 bridgehead atoms. The molecule has 0 saturated heterocycles. The van der Waals surface area contributed by atoms with Gasteiger partial charge in [-0.1, -0.05) is 27.5 Å². The molecular weight excluding hydrogens is 209 g/mol. The van der Waals surface area contributed by atoms with Gasteiger partial charge in [-0.25, -0.2) is 4.98 Å². The van der Waals surface area contributed by atoms with Gasteiger partial charge in [-0.2, -0.15) is 0 Å². The highest BCUT2D eigenvalue weighted by molar-refractivity contribution is 9.08. The van der Waals surface area contributed by atoms with Crippen molar-refractivity contribution in [2.24, 2.45) is 0 Å². The highest BCUT2D eigenvalue weighted by Crippen LogP contribution is 2.21. The maximum absolute atomic E-state index is 5.67. The molecule has 1 aromatic rings. The Morgan fingerprint density at radius 3 is 2.88 bits per heavy atom. The predicted octanol–water partition coefficient (Wildman–Crippen LogP) is 2.69. The second kappa shape index (κ2) is 2.80. The zero-order valence-corrected chi connectivity index (χ0v) is 7.05. The largest absolute Gasteiger partial charge is 0.247 e. The normalized spacial score (nSPS) is 9.75. The van der Waals surface area contributed by atoms with Gasteiger partial charge in [-0.3, -0.25) is 0 Å². The highest BCUT2D eigenvalue weighted by Gasteiger charge is 1.98. The van der Waals surface area contributed by atoms with Gasteiger partial charge in [0.25, 0.3) is 0 Å². The van der Waals surface area contributed by atoms with Gasteiger partial charge >= 0.3 is 0 Å². The second-order valence-corrected chi connectivity index (χ2v) is 3.22. The van der Waals surface area contributed by atoms with E-state index in [1.807, 2.05) is 0 Å². The summed E-state index contributed by atoms with van der Waals surface area (Å²) >= 11 is 10.4. The van der Waals surface area contributed by atoms with Gasteiger partial charge in [-0.15, -0.1) is 11.3 Å². The van der Waals surface area contributed by atoms with E-state index in [1.54, 1.807) is 5.51 Å². The molecule has 0 amide bonds. The van der Waals surface area contributed by atoms with Crippen LogP contribution in [0, 0.1) is 0 Å². The molecule has 8 heavy (non-hydrogen) atoms. The van der Waals surface area contributed by atoms with Crippen LogP contribution in [0.2, 0.25) is 4.34 Å². The molecular formula is C4H3BrClNS. The molecule has 1 rings (SSSR count). The van der Waals surface area contributed by atoms with E-state index < -0.39 is 0 Å². The first-order valence-electron chi connectivity index (χ1n) is 1.98. The Balaban J connectivity index is 2.92. The lowest BCUT2D eigenvalue weighted by Crippen LogP contribution is -1.72. The number of hydrogen-bond donors (Lipinski definition) is 0. The van der Waals surface area contributed by atoms with Gasteiger partial charge in [0.1, 0.15) is 4.34 Å². The molecule has 0 fully saturated rings. The van der Waals surface area contributed by atoms with Crippen molar-refractivity contribution in [3.8, 4) is 0 Å². The molecule has 1 heterocycles. The van der Waals surface area contributed by atoms with Crippen LogP contribution in [0.15, 0.2) is 5.51 Å². The van der Waals surface area contributed by atoms with Crippen molar-refractivity contribution >= 4 is 38.9 Å². The topological polar surface area (TPSA) is 12.9 Å². The number of thiazole rings is 1. The van der Waals surface area contributed by atoms with Crippen LogP contribution < -0.4 is 0 Å². The molecule has 4 heteroatoms. The van der Waals surface area contributed by atoms with Crippen molar-refractivity contribution in [3.63, 3.8) is 0 Å². The summed E-state index contributed by atoms with van der Waals surface area (Å²) in [7, 11) is 0. The van der Waals surface area contributed by atoms with E-state index in [2.05, 4.69) is 20.9 Å². The maximum Gasteiger partial charge on any atom is 0.117 e. The van der Waals surface area contributed by atoms with E-state index in [0.29, 0.717) is 0 Å². The Hall–Kier alpha value is 0.400. The number of halogens is 2. The SMILES string of the molecule is Clc1scnc1CBr. The van der Waals surface area contributed by atoms with Crippen LogP contribution in [0.1, 0.15) is 5.69 Å². The predicted molar refractivity (Wildman–Crippen MR) is 39.8 cm³/mol. The van der Waals surface area contributed by atoms with Gasteiger partial charge in [0, 0.05) is 5.33 Å². The van der Waals surface area contributed by atoms with E-state index in [-0.39, 0.29) is 0 Å². The number of aromatic nitrogens is 1. The van der Waals surface area contributed by atoms with Gasteiger partial charge in [-0.05, 0) is 0 Å². The third kappa shape index (κ3) is 1.21. The average molecular weight is 212 g/mol. The van der Waals surface area contributed by atoms with Crippen molar-refractivity contribution in [2.45, 2.75) is 5.33 Å². The molecule has 1 aromatic heterocycles. The van der Waals surface area contributed by atoms with Crippen LogP contribution in [-0.4, -0.2) is 4.98 Å². The molecule has 0 saturated carbocycles. The summed E-state index contributed by atoms with van der Waals surface area (Å²) in [4.78, 5) is 3.97. The lowest BCUT2D eigenvalue weighted by molar-refractivity contribution is 1.25. The molecule has 0 N–H and O–H groups in total. The summed E-state index contributed by atoms with van der Waals surface area (Å²) in [5, 5.41) is 0.745. The minimum Gasteiger partial charge on any atom is -0.247 e. The first-order valence-corrected chi connectivity index (χ1v) is 4.36. The summed E-state index contributed by atoms with van der Waals surface area (Å²) in [6.45, 7) is 0. The van der Waals surface area contributed by atoms with E-state index in [4.69, 9.17) is 11.6 Å². The van der Waals surface area contributed by atoms with Gasteiger partial charge in [0.05, 0.1) is 11.2 Å². The van der Waals surface area contributed by atoms with E-state index in [0.717, 1.165) is 15.4 Å². The Morgan fingerprint density at radius 1 is 1.88 bits per heavy atom. The molecule has 0 aromatic carbocycles. The van der Waals surface area contributed by atoms with E-state index in [1.165, 1.54) is 11.3 Å². The van der Waals surface area contributed by atoms with Crippen molar-refractivity contribution in [3.05, 3.63) is 15.5 Å². The molecule has 0 aliphatic heterocycles. The Bertz CT molecular complexity index is 176. The van der Waals surface area contributed by atoms with Crippen LogP contribution in [0.3, 0.4) is 0 Å². The fourth-order valence-corrected chi connectivity index (χ4v) is 1.88. The van der Waals surface area contributed by atoms with Crippen molar-refractivity contribution in [1.29, 1.82) is 0 Å². The minimum absolute atomic E-state index is 0.745. The highest BCUT2D eigenvalue weighted by atomic mass is 79.9. The van der Waals surface area contributed by atoms with Gasteiger partial charge < -0.3 is 0 Å². The molecule has 0 aliphatic rings. The number of alkyl halides is 1. The lowest BCUT2D eigenvalue weighted by atomic mass is 10.6. The number of nitrogens with zero attached hydrogens (tertiary/aromatic N) is 1. The fourth-order valence-electron chi connectivity index (χ4n) is 0.342. The Labute approximate surface area is 64.8 Å². The number of hydrogen-bond acceptors (Lipinski definition) is 2. The molecule has 0 atom stereocenters. The Morgan fingerprint density at radius 2 is 2.62 bits per heavy atom. The lowest BCUT2D eigenvalue weighted by Gasteiger charge is -1.82. The molecule has 1 nitrogen and oxygen atoms in total. The maximum atomic E-state index is 5.67. The van der Waals surface area contributed by atoms with Crippen LogP contribution in [-0.2, 0) is 5.33 Å². The zero-order chi connectivity index (χ0) is 5.98. The van der Waals surface area contributed by atoms with E-state index >= 15 is 0 Å². The molecule has 0 unspecified atom stereocenters. The monoisotopic (exact) mass is 211 g/mol. The summed E-state index contributed by atoms with van der Waals surface area (Å²) in [5.74, 6) is 0. The summed E-state index contributed by atoms with van der Waals surface area (Å²) in [5.41, 5.74) is 2.66. The standard InChI is InChI=1S/C4H3BrClNS/c5-1-3-4(6)8-2-7-3/h2H,1H2. The molecule has 0 spiro atoms. The fraction of sp³-hybridized carbons (Fsp3) is 0.250. The second-order valence-electron chi connectivity index (χ2n) is 1.21. The van der Waals surface area contributed by atoms with Crippen LogP contribution in [0.5, 0.6) is 0 Å². The molecule has 44 valence electrons. The van der Waals surface area contributed by atoms with Crippen LogP contribution in [0.4, 0.5) is 0 Å². The number of rotatable bonds is 1. The Kier molecular flexibility index (Phi) is 2.28. The quantitative estimate of drug-likeness (QED) is 0.652. The molecule has 0 radical (unpaired) electrons. The van der Waals surface area contributed by atoms with Gasteiger partial charge in [0.15, 0.2) is 0 Å². The van der Waals surface area contributed by atoms with Crippen molar-refractivity contribution in [2.75, 3.05) is 0 Å². The third-order valence-electron chi connectivity index (χ3n) is 0.718. The summed E-state index contributed by atoms with van der Waals surface area (Å²) in [6.07, 6.45) is 0. The first-order chi connectivity index (χ1) is 3.84. The van der Waals surface area contributed by atoms with Crippen molar-refractivity contribution < 1.29 is 0 Å². The average Bonchev–Trinajstić information content (AvgIpc) is 2.14. The van der Waals surface area contributed by atoms with Crippen LogP contribution in [0.25, 0.3) is 0 Å². The van der Waals surface area contributed by atoms with Crippen molar-refractivity contribution in [1.82, 2.24) is 4.98 Å². The minimum atomic E-state index is 0.745. The van der Waals surface area contributed by atoms with Crippen LogP contribution >= 0.6 is 38.9 Å². The first kappa shape index (κ1) is 6.52.